The summed E-state index contributed by atoms with van der Waals surface area (Å²) >= 11 is 0. The molecule has 1 rings (SSSR count). The molecule has 0 saturated heterocycles. The van der Waals surface area contributed by atoms with Crippen LogP contribution >= 0.6 is 0 Å². The van der Waals surface area contributed by atoms with E-state index in [0.717, 1.165) is 50.9 Å². The number of hydrogen-bond acceptors (Lipinski definition) is 3. The lowest BCUT2D eigenvalue weighted by Gasteiger charge is -2.16. The fourth-order valence-corrected chi connectivity index (χ4v) is 3.07. The average Bonchev–Trinajstić information content (AvgIpc) is 3.13. The molecule has 0 spiro atoms. The van der Waals surface area contributed by atoms with Gasteiger partial charge >= 0.3 is 0 Å². The Morgan fingerprint density at radius 3 is 2.40 bits per heavy atom. The standard InChI is InChI=1S/C17H34O3/c1-17(2,20)11-7-6-9-14-13-15(14)16(19)10-5-3-4-8-12-18/h14-16,18-20H,3-13H2,1-2H3. The van der Waals surface area contributed by atoms with Crippen LogP contribution in [0.4, 0.5) is 0 Å². The van der Waals surface area contributed by atoms with E-state index in [-0.39, 0.29) is 12.7 Å². The van der Waals surface area contributed by atoms with Gasteiger partial charge in [-0.3, -0.25) is 0 Å². The van der Waals surface area contributed by atoms with Gasteiger partial charge in [-0.1, -0.05) is 38.5 Å². The topological polar surface area (TPSA) is 60.7 Å². The van der Waals surface area contributed by atoms with Crippen LogP contribution in [0.3, 0.4) is 0 Å². The van der Waals surface area contributed by atoms with E-state index in [0.29, 0.717) is 5.92 Å². The van der Waals surface area contributed by atoms with Crippen LogP contribution in [0.5, 0.6) is 0 Å². The summed E-state index contributed by atoms with van der Waals surface area (Å²) in [6, 6.07) is 0. The normalized spacial score (nSPS) is 23.9. The summed E-state index contributed by atoms with van der Waals surface area (Å²) in [7, 11) is 0. The lowest BCUT2D eigenvalue weighted by atomic mass is 9.99. The average molecular weight is 286 g/mol. The van der Waals surface area contributed by atoms with Crippen LogP contribution in [0.1, 0.15) is 78.1 Å². The summed E-state index contributed by atoms with van der Waals surface area (Å²) in [5.74, 6) is 1.26. The van der Waals surface area contributed by atoms with Gasteiger partial charge in [-0.05, 0) is 51.4 Å². The molecule has 3 atom stereocenters. The second-order valence-electron chi connectivity index (χ2n) is 7.21. The van der Waals surface area contributed by atoms with E-state index in [9.17, 15) is 10.2 Å². The maximum absolute atomic E-state index is 10.1. The molecule has 1 saturated carbocycles. The highest BCUT2D eigenvalue weighted by atomic mass is 16.3. The Labute approximate surface area is 124 Å². The molecule has 120 valence electrons. The van der Waals surface area contributed by atoms with Crippen LogP contribution in [-0.2, 0) is 0 Å². The number of aliphatic hydroxyl groups excluding tert-OH is 2. The van der Waals surface area contributed by atoms with E-state index in [1.807, 2.05) is 13.8 Å². The lowest BCUT2D eigenvalue weighted by Crippen LogP contribution is -2.17. The first kappa shape index (κ1) is 17.9. The van der Waals surface area contributed by atoms with Gasteiger partial charge in [0, 0.05) is 6.61 Å². The largest absolute Gasteiger partial charge is 0.396 e. The van der Waals surface area contributed by atoms with E-state index in [1.54, 1.807) is 0 Å². The molecule has 3 heteroatoms. The zero-order chi connectivity index (χ0) is 15.0. The molecule has 0 bridgehead atoms. The molecule has 0 heterocycles. The number of aliphatic hydroxyl groups is 3. The molecule has 20 heavy (non-hydrogen) atoms. The molecule has 3 unspecified atom stereocenters. The zero-order valence-corrected chi connectivity index (χ0v) is 13.4. The predicted molar refractivity (Wildman–Crippen MR) is 82.5 cm³/mol. The van der Waals surface area contributed by atoms with Gasteiger partial charge in [-0.2, -0.15) is 0 Å². The highest BCUT2D eigenvalue weighted by molar-refractivity contribution is 4.91. The van der Waals surface area contributed by atoms with Crippen molar-refractivity contribution >= 4 is 0 Å². The van der Waals surface area contributed by atoms with Crippen molar-refractivity contribution in [2.75, 3.05) is 6.61 Å². The predicted octanol–water partition coefficient (Wildman–Crippen LogP) is 3.26. The third-order valence-electron chi connectivity index (χ3n) is 4.49. The Balaban J connectivity index is 1.96. The minimum Gasteiger partial charge on any atom is -0.396 e. The summed E-state index contributed by atoms with van der Waals surface area (Å²) in [5.41, 5.74) is -0.531. The summed E-state index contributed by atoms with van der Waals surface area (Å²) < 4.78 is 0. The van der Waals surface area contributed by atoms with Crippen LogP contribution in [0.25, 0.3) is 0 Å². The Morgan fingerprint density at radius 1 is 1.05 bits per heavy atom. The first-order chi connectivity index (χ1) is 9.44. The Hall–Kier alpha value is -0.120. The summed E-state index contributed by atoms with van der Waals surface area (Å²) in [6.45, 7) is 4.03. The van der Waals surface area contributed by atoms with Gasteiger partial charge in [0.15, 0.2) is 0 Å². The Morgan fingerprint density at radius 2 is 1.75 bits per heavy atom. The monoisotopic (exact) mass is 286 g/mol. The molecule has 0 aromatic heterocycles. The van der Waals surface area contributed by atoms with E-state index < -0.39 is 5.60 Å². The Kier molecular flexibility index (Phi) is 8.08. The van der Waals surface area contributed by atoms with Gasteiger partial charge in [0.1, 0.15) is 0 Å². The van der Waals surface area contributed by atoms with Gasteiger partial charge in [0.2, 0.25) is 0 Å². The van der Waals surface area contributed by atoms with E-state index >= 15 is 0 Å². The van der Waals surface area contributed by atoms with Gasteiger partial charge in [-0.25, -0.2) is 0 Å². The highest BCUT2D eigenvalue weighted by Crippen LogP contribution is 2.46. The molecule has 1 aliphatic carbocycles. The number of hydrogen-bond donors (Lipinski definition) is 3. The van der Waals surface area contributed by atoms with Crippen molar-refractivity contribution in [1.29, 1.82) is 0 Å². The first-order valence-corrected chi connectivity index (χ1v) is 8.45. The van der Waals surface area contributed by atoms with E-state index in [1.165, 1.54) is 19.3 Å². The van der Waals surface area contributed by atoms with Gasteiger partial charge in [-0.15, -0.1) is 0 Å². The summed E-state index contributed by atoms with van der Waals surface area (Å²) in [6.07, 6.45) is 10.5. The third kappa shape index (κ3) is 8.23. The second kappa shape index (κ2) is 9.01. The molecule has 0 aromatic rings. The van der Waals surface area contributed by atoms with Gasteiger partial charge < -0.3 is 15.3 Å². The summed E-state index contributed by atoms with van der Waals surface area (Å²) in [5, 5.41) is 28.4. The van der Waals surface area contributed by atoms with Gasteiger partial charge in [0.05, 0.1) is 11.7 Å². The Bertz CT molecular complexity index is 247. The molecule has 1 fully saturated rings. The van der Waals surface area contributed by atoms with E-state index in [2.05, 4.69) is 0 Å². The number of rotatable bonds is 12. The van der Waals surface area contributed by atoms with Crippen molar-refractivity contribution in [3.63, 3.8) is 0 Å². The molecular formula is C17H34O3. The smallest absolute Gasteiger partial charge is 0.0591 e. The quantitative estimate of drug-likeness (QED) is 0.483. The van der Waals surface area contributed by atoms with Crippen molar-refractivity contribution in [2.24, 2.45) is 11.8 Å². The zero-order valence-electron chi connectivity index (χ0n) is 13.4. The molecule has 0 amide bonds. The molecular weight excluding hydrogens is 252 g/mol. The van der Waals surface area contributed by atoms with Crippen LogP contribution in [0.15, 0.2) is 0 Å². The molecule has 3 N–H and O–H groups in total. The maximum Gasteiger partial charge on any atom is 0.0591 e. The van der Waals surface area contributed by atoms with Crippen LogP contribution in [0.2, 0.25) is 0 Å². The van der Waals surface area contributed by atoms with Crippen molar-refractivity contribution < 1.29 is 15.3 Å². The molecule has 1 aliphatic rings. The molecule has 0 aliphatic heterocycles. The van der Waals surface area contributed by atoms with Crippen LogP contribution in [0, 0.1) is 11.8 Å². The van der Waals surface area contributed by atoms with E-state index in [4.69, 9.17) is 5.11 Å². The SMILES string of the molecule is CC(C)(O)CCCCC1CC1C(O)CCCCCCO. The van der Waals surface area contributed by atoms with Crippen molar-refractivity contribution in [3.05, 3.63) is 0 Å². The number of unbranched alkanes of at least 4 members (excludes halogenated alkanes) is 4. The first-order valence-electron chi connectivity index (χ1n) is 8.45. The minimum atomic E-state index is -0.531. The van der Waals surface area contributed by atoms with Crippen molar-refractivity contribution in [3.8, 4) is 0 Å². The van der Waals surface area contributed by atoms with Gasteiger partial charge in [0.25, 0.3) is 0 Å². The minimum absolute atomic E-state index is 0.108. The molecule has 0 aromatic carbocycles. The maximum atomic E-state index is 10.1. The fourth-order valence-electron chi connectivity index (χ4n) is 3.07. The van der Waals surface area contributed by atoms with Crippen LogP contribution in [-0.4, -0.2) is 33.6 Å². The van der Waals surface area contributed by atoms with Crippen molar-refractivity contribution in [2.45, 2.75) is 89.8 Å². The van der Waals surface area contributed by atoms with Crippen molar-refractivity contribution in [1.82, 2.24) is 0 Å². The third-order valence-corrected chi connectivity index (χ3v) is 4.49. The molecule has 3 nitrogen and oxygen atoms in total. The van der Waals surface area contributed by atoms with Crippen LogP contribution < -0.4 is 0 Å². The fraction of sp³-hybridized carbons (Fsp3) is 1.00. The lowest BCUT2D eigenvalue weighted by molar-refractivity contribution is 0.0677. The molecule has 0 radical (unpaired) electrons. The summed E-state index contributed by atoms with van der Waals surface area (Å²) in [4.78, 5) is 0. The second-order valence-corrected chi connectivity index (χ2v) is 7.21. The highest BCUT2D eigenvalue weighted by Gasteiger charge is 2.41.